The van der Waals surface area contributed by atoms with E-state index in [1.165, 1.54) is 17.5 Å². The molecule has 3 rings (SSSR count). The number of aryl methyl sites for hydroxylation is 1. The third kappa shape index (κ3) is 9.02. The van der Waals surface area contributed by atoms with Crippen LogP contribution >= 0.6 is 11.9 Å². The lowest BCUT2D eigenvalue weighted by Gasteiger charge is -2.15. The van der Waals surface area contributed by atoms with Crippen molar-refractivity contribution < 1.29 is 9.53 Å². The van der Waals surface area contributed by atoms with Crippen molar-refractivity contribution in [3.63, 3.8) is 0 Å². The van der Waals surface area contributed by atoms with Gasteiger partial charge in [-0.05, 0) is 75.0 Å². The zero-order valence-electron chi connectivity index (χ0n) is 20.6. The number of carbonyl (C=O) groups excluding carboxylic acids is 1. The van der Waals surface area contributed by atoms with Crippen molar-refractivity contribution in [2.24, 2.45) is 4.99 Å². The first-order valence-corrected chi connectivity index (χ1v) is 12.6. The van der Waals surface area contributed by atoms with E-state index in [0.717, 1.165) is 46.1 Å². The lowest BCUT2D eigenvalue weighted by atomic mass is 10.0. The minimum Gasteiger partial charge on any atom is -0.490 e. The number of hydrogen-bond acceptors (Lipinski definition) is 4. The Morgan fingerprint density at radius 3 is 2.77 bits per heavy atom. The van der Waals surface area contributed by atoms with Gasteiger partial charge < -0.3 is 20.1 Å². The molecule has 184 valence electrons. The van der Waals surface area contributed by atoms with E-state index in [2.05, 4.69) is 46.0 Å². The molecule has 0 atom stereocenters. The van der Waals surface area contributed by atoms with E-state index in [4.69, 9.17) is 4.74 Å². The first kappa shape index (κ1) is 26.2. The van der Waals surface area contributed by atoms with E-state index >= 15 is 0 Å². The summed E-state index contributed by atoms with van der Waals surface area (Å²) < 4.78 is 9.20. The lowest BCUT2D eigenvalue weighted by molar-refractivity contribution is 0.243. The SMILES string of the molecule is C=C1/C=C\C=C/CC(=NCCCNC(=O)Nc2ccc(-c3cc(C)ccc3OC(C)C)cc2)NS1. The fourth-order valence-corrected chi connectivity index (χ4v) is 3.89. The number of carbonyl (C=O) groups is 1. The van der Waals surface area contributed by atoms with Crippen LogP contribution in [-0.2, 0) is 0 Å². The second kappa shape index (κ2) is 13.4. The second-order valence-corrected chi connectivity index (χ2v) is 9.40. The number of amides is 2. The Morgan fingerprint density at radius 1 is 1.20 bits per heavy atom. The Morgan fingerprint density at radius 2 is 2.00 bits per heavy atom. The summed E-state index contributed by atoms with van der Waals surface area (Å²) in [5.41, 5.74) is 3.99. The van der Waals surface area contributed by atoms with Crippen LogP contribution in [0.2, 0.25) is 0 Å². The maximum atomic E-state index is 12.3. The van der Waals surface area contributed by atoms with Crippen molar-refractivity contribution in [2.75, 3.05) is 18.4 Å². The maximum Gasteiger partial charge on any atom is 0.319 e. The molecule has 0 fully saturated rings. The summed E-state index contributed by atoms with van der Waals surface area (Å²) in [4.78, 5) is 17.8. The molecule has 0 saturated heterocycles. The number of urea groups is 1. The van der Waals surface area contributed by atoms with E-state index < -0.39 is 0 Å². The van der Waals surface area contributed by atoms with Crippen molar-refractivity contribution in [1.82, 2.24) is 10.0 Å². The molecule has 2 aromatic carbocycles. The van der Waals surface area contributed by atoms with Crippen LogP contribution in [-0.4, -0.2) is 31.1 Å². The molecular formula is C28H34N4O2S. The van der Waals surface area contributed by atoms with Crippen LogP contribution in [0.3, 0.4) is 0 Å². The first-order chi connectivity index (χ1) is 16.9. The molecule has 0 radical (unpaired) electrons. The zero-order chi connectivity index (χ0) is 25.0. The standard InChI is InChI=1S/C28H34N4O2S/c1-20(2)34-26-16-11-21(3)19-25(26)23-12-14-24(15-13-23)31-28(33)30-18-8-17-29-27-10-7-5-6-9-22(4)35-32-27/h5-7,9,11-16,19-20H,4,8,10,17-18H2,1-3H3,(H,29,32)(H2,30,31,33)/b7-5-,9-6-. The summed E-state index contributed by atoms with van der Waals surface area (Å²) in [5, 5.41) is 5.78. The fourth-order valence-electron chi connectivity index (χ4n) is 3.35. The van der Waals surface area contributed by atoms with Crippen LogP contribution < -0.4 is 20.1 Å². The van der Waals surface area contributed by atoms with Gasteiger partial charge in [0, 0.05) is 35.7 Å². The normalized spacial score (nSPS) is 16.6. The summed E-state index contributed by atoms with van der Waals surface area (Å²) in [6.07, 6.45) is 9.55. The van der Waals surface area contributed by atoms with E-state index in [1.807, 2.05) is 68.5 Å². The van der Waals surface area contributed by atoms with Gasteiger partial charge in [-0.25, -0.2) is 4.79 Å². The highest BCUT2D eigenvalue weighted by molar-refractivity contribution is 8.01. The van der Waals surface area contributed by atoms with Crippen molar-refractivity contribution in [3.05, 3.63) is 83.8 Å². The molecular weight excluding hydrogens is 456 g/mol. The zero-order valence-corrected chi connectivity index (χ0v) is 21.5. The van der Waals surface area contributed by atoms with Crippen molar-refractivity contribution in [2.45, 2.75) is 39.7 Å². The lowest BCUT2D eigenvalue weighted by Crippen LogP contribution is -2.30. The first-order valence-electron chi connectivity index (χ1n) is 11.8. The molecule has 2 aromatic rings. The van der Waals surface area contributed by atoms with Crippen LogP contribution in [0.4, 0.5) is 10.5 Å². The molecule has 0 spiro atoms. The largest absolute Gasteiger partial charge is 0.490 e. The molecule has 1 heterocycles. The molecule has 0 saturated carbocycles. The fraction of sp³-hybridized carbons (Fsp3) is 0.286. The van der Waals surface area contributed by atoms with E-state index in [1.54, 1.807) is 0 Å². The number of ether oxygens (including phenoxy) is 1. The van der Waals surface area contributed by atoms with E-state index in [-0.39, 0.29) is 12.1 Å². The van der Waals surface area contributed by atoms with Crippen LogP contribution in [0.15, 0.2) is 83.2 Å². The van der Waals surface area contributed by atoms with Gasteiger partial charge >= 0.3 is 6.03 Å². The number of allylic oxidation sites excluding steroid dienone is 3. The summed E-state index contributed by atoms with van der Waals surface area (Å²) in [6, 6.07) is 13.7. The Kier molecular flexibility index (Phi) is 10.0. The highest BCUT2D eigenvalue weighted by atomic mass is 32.2. The van der Waals surface area contributed by atoms with Gasteiger partial charge in [-0.1, -0.05) is 48.6 Å². The summed E-state index contributed by atoms with van der Waals surface area (Å²) in [5.74, 6) is 1.75. The van der Waals surface area contributed by atoms with Gasteiger partial charge in [0.1, 0.15) is 11.6 Å². The summed E-state index contributed by atoms with van der Waals surface area (Å²) >= 11 is 1.46. The summed E-state index contributed by atoms with van der Waals surface area (Å²) in [7, 11) is 0. The second-order valence-electron chi connectivity index (χ2n) is 8.47. The highest BCUT2D eigenvalue weighted by Crippen LogP contribution is 2.32. The van der Waals surface area contributed by atoms with Gasteiger partial charge in [-0.3, -0.25) is 4.99 Å². The Hall–Kier alpha value is -3.45. The molecule has 2 amide bonds. The molecule has 1 aliphatic heterocycles. The van der Waals surface area contributed by atoms with Crippen molar-refractivity contribution in [3.8, 4) is 16.9 Å². The Labute approximate surface area is 212 Å². The molecule has 3 N–H and O–H groups in total. The number of nitrogens with zero attached hydrogens (tertiary/aromatic N) is 1. The number of anilines is 1. The molecule has 0 aromatic heterocycles. The predicted octanol–water partition coefficient (Wildman–Crippen LogP) is 6.63. The van der Waals surface area contributed by atoms with E-state index in [0.29, 0.717) is 13.1 Å². The van der Waals surface area contributed by atoms with Gasteiger partial charge in [-0.15, -0.1) is 0 Å². The van der Waals surface area contributed by atoms with Gasteiger partial charge in [0.2, 0.25) is 0 Å². The topological polar surface area (TPSA) is 74.8 Å². The number of rotatable bonds is 8. The predicted molar refractivity (Wildman–Crippen MR) is 149 cm³/mol. The molecule has 7 heteroatoms. The van der Waals surface area contributed by atoms with Crippen LogP contribution in [0, 0.1) is 6.92 Å². The van der Waals surface area contributed by atoms with Crippen molar-refractivity contribution in [1.29, 1.82) is 0 Å². The molecule has 35 heavy (non-hydrogen) atoms. The van der Waals surface area contributed by atoms with Gasteiger partial charge in [0.15, 0.2) is 0 Å². The van der Waals surface area contributed by atoms with Crippen LogP contribution in [0.1, 0.15) is 32.3 Å². The molecule has 0 aliphatic carbocycles. The quantitative estimate of drug-likeness (QED) is 0.287. The van der Waals surface area contributed by atoms with Crippen molar-refractivity contribution >= 4 is 29.5 Å². The minimum atomic E-state index is -0.230. The molecule has 0 unspecified atom stereocenters. The number of amidine groups is 1. The highest BCUT2D eigenvalue weighted by Gasteiger charge is 2.09. The molecule has 6 nitrogen and oxygen atoms in total. The smallest absolute Gasteiger partial charge is 0.319 e. The minimum absolute atomic E-state index is 0.0954. The Balaban J connectivity index is 1.46. The molecule has 1 aliphatic rings. The number of benzene rings is 2. The van der Waals surface area contributed by atoms with Gasteiger partial charge in [-0.2, -0.15) is 0 Å². The average molecular weight is 491 g/mol. The summed E-state index contributed by atoms with van der Waals surface area (Å²) in [6.45, 7) is 11.2. The third-order valence-corrected chi connectivity index (χ3v) is 5.75. The number of aliphatic imine (C=N–C) groups is 1. The number of nitrogens with one attached hydrogen (secondary N) is 3. The van der Waals surface area contributed by atoms with E-state index in [9.17, 15) is 4.79 Å². The number of hydrogen-bond donors (Lipinski definition) is 3. The maximum absolute atomic E-state index is 12.3. The monoisotopic (exact) mass is 490 g/mol. The Bertz CT molecular complexity index is 1100. The molecule has 0 bridgehead atoms. The van der Waals surface area contributed by atoms with Gasteiger partial charge in [0.05, 0.1) is 6.10 Å². The van der Waals surface area contributed by atoms with Gasteiger partial charge in [0.25, 0.3) is 0 Å². The van der Waals surface area contributed by atoms with Crippen LogP contribution in [0.25, 0.3) is 11.1 Å². The third-order valence-electron chi connectivity index (χ3n) is 5.02. The average Bonchev–Trinajstić information content (AvgIpc) is 2.92. The van der Waals surface area contributed by atoms with Crippen LogP contribution in [0.5, 0.6) is 5.75 Å².